The first-order chi connectivity index (χ1) is 16.0. The molecule has 4 rings (SSSR count). The van der Waals surface area contributed by atoms with Gasteiger partial charge in [-0.15, -0.1) is 0 Å². The zero-order valence-corrected chi connectivity index (χ0v) is 19.3. The van der Waals surface area contributed by atoms with Crippen LogP contribution in [-0.2, 0) is 22.4 Å². The molecular formula is C25H30ClN3O4. The maximum absolute atomic E-state index is 12.3. The molecule has 1 saturated carbocycles. The fraction of sp³-hybridized carbons (Fsp3) is 0.480. The van der Waals surface area contributed by atoms with Gasteiger partial charge in [0.1, 0.15) is 11.9 Å². The lowest BCUT2D eigenvalue weighted by molar-refractivity contribution is -0.140. The van der Waals surface area contributed by atoms with Gasteiger partial charge in [-0.3, -0.25) is 4.79 Å². The van der Waals surface area contributed by atoms with E-state index >= 15 is 0 Å². The maximum atomic E-state index is 12.3. The van der Waals surface area contributed by atoms with Crippen molar-refractivity contribution in [3.8, 4) is 0 Å². The highest BCUT2D eigenvalue weighted by Crippen LogP contribution is 2.34. The molecule has 2 aromatic rings. The average Bonchev–Trinajstić information content (AvgIpc) is 2.79. The van der Waals surface area contributed by atoms with Crippen molar-refractivity contribution in [2.75, 3.05) is 18.5 Å². The fourth-order valence-corrected chi connectivity index (χ4v) is 4.62. The number of anilines is 1. The number of ether oxygens (including phenoxy) is 1. The predicted molar refractivity (Wildman–Crippen MR) is 127 cm³/mol. The SMILES string of the molecule is O=C(NC(CCOC1CC(CCc2ccc3c(n2)NCCC3)C1)C(=O)O)c1ccccc1Cl. The maximum Gasteiger partial charge on any atom is 0.326 e. The normalized spacial score (nSPS) is 20.2. The van der Waals surface area contributed by atoms with Gasteiger partial charge in [-0.05, 0) is 68.2 Å². The number of nitrogens with one attached hydrogen (secondary N) is 2. The van der Waals surface area contributed by atoms with Gasteiger partial charge in [-0.2, -0.15) is 0 Å². The molecule has 0 spiro atoms. The molecule has 0 radical (unpaired) electrons. The smallest absolute Gasteiger partial charge is 0.326 e. The number of halogens is 1. The number of nitrogens with zero attached hydrogens (tertiary/aromatic N) is 1. The Morgan fingerprint density at radius 1 is 1.24 bits per heavy atom. The van der Waals surface area contributed by atoms with Crippen LogP contribution in [0.25, 0.3) is 0 Å². The van der Waals surface area contributed by atoms with Gasteiger partial charge >= 0.3 is 5.97 Å². The topological polar surface area (TPSA) is 101 Å². The number of amides is 1. The summed E-state index contributed by atoms with van der Waals surface area (Å²) in [5.74, 6) is 0.0689. The van der Waals surface area contributed by atoms with E-state index in [1.807, 2.05) is 0 Å². The largest absolute Gasteiger partial charge is 0.480 e. The summed E-state index contributed by atoms with van der Waals surface area (Å²) in [6.07, 6.45) is 6.63. The summed E-state index contributed by atoms with van der Waals surface area (Å²) in [6.45, 7) is 1.28. The van der Waals surface area contributed by atoms with Gasteiger partial charge in [0.15, 0.2) is 0 Å². The first kappa shape index (κ1) is 23.5. The Morgan fingerprint density at radius 2 is 2.06 bits per heavy atom. The van der Waals surface area contributed by atoms with Crippen LogP contribution in [0.2, 0.25) is 5.02 Å². The second-order valence-electron chi connectivity index (χ2n) is 8.84. The molecule has 8 heteroatoms. The number of carboxylic acid groups (broad SMARTS) is 1. The summed E-state index contributed by atoms with van der Waals surface area (Å²) in [5, 5.41) is 15.7. The monoisotopic (exact) mass is 471 g/mol. The number of aryl methyl sites for hydroxylation is 2. The number of hydrogen-bond donors (Lipinski definition) is 3. The molecular weight excluding hydrogens is 442 g/mol. The minimum Gasteiger partial charge on any atom is -0.480 e. The molecule has 1 atom stereocenters. The third-order valence-electron chi connectivity index (χ3n) is 6.43. The molecule has 7 nitrogen and oxygen atoms in total. The summed E-state index contributed by atoms with van der Waals surface area (Å²) >= 11 is 6.02. The van der Waals surface area contributed by atoms with Crippen molar-refractivity contribution in [3.05, 3.63) is 58.2 Å². The molecule has 176 valence electrons. The summed E-state index contributed by atoms with van der Waals surface area (Å²) in [7, 11) is 0. The Hall–Kier alpha value is -2.64. The Morgan fingerprint density at radius 3 is 2.85 bits per heavy atom. The van der Waals surface area contributed by atoms with Gasteiger partial charge < -0.3 is 20.5 Å². The van der Waals surface area contributed by atoms with Crippen molar-refractivity contribution >= 4 is 29.3 Å². The predicted octanol–water partition coefficient (Wildman–Crippen LogP) is 4.09. The van der Waals surface area contributed by atoms with Crippen molar-refractivity contribution < 1.29 is 19.4 Å². The van der Waals surface area contributed by atoms with Gasteiger partial charge in [0.05, 0.1) is 16.7 Å². The summed E-state index contributed by atoms with van der Waals surface area (Å²) in [5.41, 5.74) is 2.70. The van der Waals surface area contributed by atoms with Crippen molar-refractivity contribution in [1.82, 2.24) is 10.3 Å². The molecule has 1 fully saturated rings. The number of aromatic nitrogens is 1. The number of rotatable bonds is 10. The van der Waals surface area contributed by atoms with E-state index in [0.717, 1.165) is 50.2 Å². The van der Waals surface area contributed by atoms with E-state index in [1.54, 1.807) is 24.3 Å². The minimum absolute atomic E-state index is 0.155. The number of benzene rings is 1. The van der Waals surface area contributed by atoms with Crippen LogP contribution in [0, 0.1) is 5.92 Å². The highest BCUT2D eigenvalue weighted by molar-refractivity contribution is 6.33. The van der Waals surface area contributed by atoms with E-state index in [-0.39, 0.29) is 29.7 Å². The van der Waals surface area contributed by atoms with Crippen molar-refractivity contribution in [2.24, 2.45) is 5.92 Å². The molecule has 1 amide bonds. The Labute approximate surface area is 198 Å². The number of carboxylic acids is 1. The molecule has 3 N–H and O–H groups in total. The molecule has 1 aromatic carbocycles. The van der Waals surface area contributed by atoms with E-state index in [0.29, 0.717) is 5.92 Å². The Bertz CT molecular complexity index is 993. The Balaban J connectivity index is 1.15. The highest BCUT2D eigenvalue weighted by atomic mass is 35.5. The zero-order valence-electron chi connectivity index (χ0n) is 18.6. The molecule has 1 aliphatic carbocycles. The molecule has 0 saturated heterocycles. The van der Waals surface area contributed by atoms with Gasteiger partial charge in [0.25, 0.3) is 5.91 Å². The van der Waals surface area contributed by atoms with Crippen LogP contribution in [0.15, 0.2) is 36.4 Å². The van der Waals surface area contributed by atoms with Crippen LogP contribution in [0.4, 0.5) is 5.82 Å². The van der Waals surface area contributed by atoms with Crippen LogP contribution in [0.3, 0.4) is 0 Å². The molecule has 1 aromatic heterocycles. The second-order valence-corrected chi connectivity index (χ2v) is 9.25. The lowest BCUT2D eigenvalue weighted by Gasteiger charge is -2.35. The standard InChI is InChI=1S/C25H30ClN3O4/c26-21-6-2-1-5-20(21)24(30)29-22(25(31)32)11-13-33-19-14-16(15-19)7-9-18-10-8-17-4-3-12-27-23(17)28-18/h1-2,5-6,8,10,16,19,22H,3-4,7,9,11-15H2,(H,27,28)(H,29,30)(H,31,32). The summed E-state index contributed by atoms with van der Waals surface area (Å²) in [4.78, 5) is 28.7. The van der Waals surface area contributed by atoms with Crippen LogP contribution >= 0.6 is 11.6 Å². The van der Waals surface area contributed by atoms with Gasteiger partial charge in [-0.25, -0.2) is 9.78 Å². The van der Waals surface area contributed by atoms with Crippen LogP contribution in [0.1, 0.15) is 53.7 Å². The fourth-order valence-electron chi connectivity index (χ4n) is 4.40. The number of carbonyl (C=O) groups excluding carboxylic acids is 1. The zero-order chi connectivity index (χ0) is 23.2. The highest BCUT2D eigenvalue weighted by Gasteiger charge is 2.30. The number of aliphatic carboxylic acids is 1. The third-order valence-corrected chi connectivity index (χ3v) is 6.76. The molecule has 1 unspecified atom stereocenters. The average molecular weight is 472 g/mol. The summed E-state index contributed by atoms with van der Waals surface area (Å²) in [6, 6.07) is 9.88. The van der Waals surface area contributed by atoms with Crippen LogP contribution < -0.4 is 10.6 Å². The number of hydrogen-bond acceptors (Lipinski definition) is 5. The van der Waals surface area contributed by atoms with Crippen molar-refractivity contribution in [1.29, 1.82) is 0 Å². The van der Waals surface area contributed by atoms with Crippen molar-refractivity contribution in [3.63, 3.8) is 0 Å². The lowest BCUT2D eigenvalue weighted by atomic mass is 9.79. The molecule has 2 aliphatic rings. The number of pyridine rings is 1. The van der Waals surface area contributed by atoms with Gasteiger partial charge in [0, 0.05) is 25.3 Å². The molecule has 2 heterocycles. The Kier molecular flexibility index (Phi) is 7.83. The van der Waals surface area contributed by atoms with E-state index in [4.69, 9.17) is 21.3 Å². The second kappa shape index (κ2) is 11.0. The van der Waals surface area contributed by atoms with Gasteiger partial charge in [-0.1, -0.05) is 29.8 Å². The molecule has 33 heavy (non-hydrogen) atoms. The van der Waals surface area contributed by atoms with E-state index < -0.39 is 17.9 Å². The molecule has 1 aliphatic heterocycles. The van der Waals surface area contributed by atoms with E-state index in [2.05, 4.69) is 22.8 Å². The van der Waals surface area contributed by atoms with E-state index in [9.17, 15) is 14.7 Å². The summed E-state index contributed by atoms with van der Waals surface area (Å²) < 4.78 is 5.86. The molecule has 0 bridgehead atoms. The van der Waals surface area contributed by atoms with Gasteiger partial charge in [0.2, 0.25) is 0 Å². The quantitative estimate of drug-likeness (QED) is 0.482. The first-order valence-electron chi connectivity index (χ1n) is 11.6. The minimum atomic E-state index is -1.09. The van der Waals surface area contributed by atoms with Crippen molar-refractivity contribution in [2.45, 2.75) is 57.1 Å². The third kappa shape index (κ3) is 6.24. The number of fused-ring (bicyclic) bond motifs is 1. The van der Waals surface area contributed by atoms with E-state index in [1.165, 1.54) is 12.0 Å². The van der Waals surface area contributed by atoms with Crippen LogP contribution in [-0.4, -0.2) is 47.3 Å². The number of carbonyl (C=O) groups is 2. The lowest BCUT2D eigenvalue weighted by Crippen LogP contribution is -2.42. The first-order valence-corrected chi connectivity index (χ1v) is 12.0. The van der Waals surface area contributed by atoms with Crippen LogP contribution in [0.5, 0.6) is 0 Å².